The molecular formula is C16H21N3O5S. The summed E-state index contributed by atoms with van der Waals surface area (Å²) in [6.45, 7) is 7.83. The highest BCUT2D eigenvalue weighted by molar-refractivity contribution is 7.89. The van der Waals surface area contributed by atoms with Crippen molar-refractivity contribution in [2.45, 2.75) is 32.6 Å². The summed E-state index contributed by atoms with van der Waals surface area (Å²) < 4.78 is 37.4. The lowest BCUT2D eigenvalue weighted by Gasteiger charge is -2.33. The molecule has 0 aromatic carbocycles. The molecule has 1 saturated heterocycles. The van der Waals surface area contributed by atoms with Gasteiger partial charge in [-0.05, 0) is 33.8 Å². The Bertz CT molecular complexity index is 885. The molecule has 0 bridgehead atoms. The van der Waals surface area contributed by atoms with Crippen molar-refractivity contribution >= 4 is 15.9 Å². The molecule has 0 radical (unpaired) electrons. The summed E-state index contributed by atoms with van der Waals surface area (Å²) in [5, 5.41) is 3.72. The Balaban J connectivity index is 1.74. The van der Waals surface area contributed by atoms with Crippen LogP contribution in [-0.2, 0) is 10.0 Å². The molecule has 1 aliphatic heterocycles. The molecule has 9 heteroatoms. The summed E-state index contributed by atoms with van der Waals surface area (Å²) in [5.41, 5.74) is 0.875. The Morgan fingerprint density at radius 3 is 2.20 bits per heavy atom. The standard InChI is InChI=1S/C16H21N3O5S/c1-10-9-14(12(3)23-10)16(20)18-5-7-19(8-6-18)25(21,22)15-11(2)17-24-13(15)4/h9H,5-8H2,1-4H3. The molecule has 2 aromatic rings. The molecular weight excluding hydrogens is 346 g/mol. The number of hydrogen-bond donors (Lipinski definition) is 0. The molecule has 0 atom stereocenters. The summed E-state index contributed by atoms with van der Waals surface area (Å²) in [5.74, 6) is 1.40. The molecule has 0 saturated carbocycles. The minimum absolute atomic E-state index is 0.119. The number of aromatic nitrogens is 1. The Kier molecular flexibility index (Phi) is 4.46. The van der Waals surface area contributed by atoms with Gasteiger partial charge in [0.05, 0.1) is 5.56 Å². The third-order valence-corrected chi connectivity index (χ3v) is 6.51. The van der Waals surface area contributed by atoms with Gasteiger partial charge < -0.3 is 13.8 Å². The number of carbonyl (C=O) groups is 1. The lowest BCUT2D eigenvalue weighted by Crippen LogP contribution is -2.50. The summed E-state index contributed by atoms with van der Waals surface area (Å²) in [6.07, 6.45) is 0. The van der Waals surface area contributed by atoms with Crippen LogP contribution in [-0.4, -0.2) is 54.9 Å². The summed E-state index contributed by atoms with van der Waals surface area (Å²) in [4.78, 5) is 14.4. The van der Waals surface area contributed by atoms with Crippen molar-refractivity contribution in [2.75, 3.05) is 26.2 Å². The van der Waals surface area contributed by atoms with Crippen LogP contribution in [0, 0.1) is 27.7 Å². The molecule has 2 aromatic heterocycles. The number of hydrogen-bond acceptors (Lipinski definition) is 6. The number of sulfonamides is 1. The van der Waals surface area contributed by atoms with Crippen molar-refractivity contribution < 1.29 is 22.2 Å². The molecule has 8 nitrogen and oxygen atoms in total. The van der Waals surface area contributed by atoms with Crippen LogP contribution in [0.1, 0.15) is 33.3 Å². The van der Waals surface area contributed by atoms with Crippen molar-refractivity contribution in [1.29, 1.82) is 0 Å². The van der Waals surface area contributed by atoms with Crippen molar-refractivity contribution in [3.05, 3.63) is 34.6 Å². The smallest absolute Gasteiger partial charge is 0.257 e. The van der Waals surface area contributed by atoms with Crippen LogP contribution in [0.4, 0.5) is 0 Å². The molecule has 0 N–H and O–H groups in total. The second kappa shape index (κ2) is 6.30. The van der Waals surface area contributed by atoms with Gasteiger partial charge in [0.1, 0.15) is 22.1 Å². The van der Waals surface area contributed by atoms with Crippen LogP contribution in [0.2, 0.25) is 0 Å². The van der Waals surface area contributed by atoms with E-state index in [1.54, 1.807) is 38.7 Å². The summed E-state index contributed by atoms with van der Waals surface area (Å²) >= 11 is 0. The van der Waals surface area contributed by atoms with Gasteiger partial charge in [-0.3, -0.25) is 4.79 Å². The maximum absolute atomic E-state index is 12.8. The summed E-state index contributed by atoms with van der Waals surface area (Å²) in [7, 11) is -3.68. The third-order valence-electron chi connectivity index (χ3n) is 4.36. The van der Waals surface area contributed by atoms with Crippen molar-refractivity contribution in [3.63, 3.8) is 0 Å². The van der Waals surface area contributed by atoms with Crippen LogP contribution < -0.4 is 0 Å². The zero-order chi connectivity index (χ0) is 18.4. The topological polar surface area (TPSA) is 96.9 Å². The minimum atomic E-state index is -3.68. The largest absolute Gasteiger partial charge is 0.466 e. The predicted molar refractivity (Wildman–Crippen MR) is 88.8 cm³/mol. The SMILES string of the molecule is Cc1cc(C(=O)N2CCN(S(=O)(=O)c3c(C)noc3C)CC2)c(C)o1. The first-order chi connectivity index (χ1) is 11.7. The van der Waals surface area contributed by atoms with Gasteiger partial charge in [-0.1, -0.05) is 5.16 Å². The molecule has 1 fully saturated rings. The zero-order valence-corrected chi connectivity index (χ0v) is 15.5. The van der Waals surface area contributed by atoms with Gasteiger partial charge in [0, 0.05) is 26.2 Å². The maximum atomic E-state index is 12.8. The van der Waals surface area contributed by atoms with E-state index in [-0.39, 0.29) is 29.7 Å². The fourth-order valence-electron chi connectivity index (χ4n) is 3.12. The van der Waals surface area contributed by atoms with Gasteiger partial charge in [-0.25, -0.2) is 8.42 Å². The van der Waals surface area contributed by atoms with Crippen molar-refractivity contribution in [2.24, 2.45) is 0 Å². The second-order valence-electron chi connectivity index (χ2n) is 6.18. The minimum Gasteiger partial charge on any atom is -0.466 e. The van der Waals surface area contributed by atoms with Gasteiger partial charge in [-0.2, -0.15) is 4.31 Å². The first-order valence-corrected chi connectivity index (χ1v) is 9.45. The Hall–Kier alpha value is -2.13. The molecule has 3 heterocycles. The first kappa shape index (κ1) is 17.7. The number of aryl methyl sites for hydroxylation is 4. The van der Waals surface area contributed by atoms with Gasteiger partial charge in [0.25, 0.3) is 5.91 Å². The Morgan fingerprint density at radius 2 is 1.72 bits per heavy atom. The van der Waals surface area contributed by atoms with E-state index >= 15 is 0 Å². The highest BCUT2D eigenvalue weighted by Crippen LogP contribution is 2.25. The number of piperazine rings is 1. The molecule has 25 heavy (non-hydrogen) atoms. The number of rotatable bonds is 3. The fourth-order valence-corrected chi connectivity index (χ4v) is 4.83. The zero-order valence-electron chi connectivity index (χ0n) is 14.7. The number of nitrogens with zero attached hydrogens (tertiary/aromatic N) is 3. The molecule has 1 aliphatic rings. The van der Waals surface area contributed by atoms with E-state index in [4.69, 9.17) is 8.94 Å². The lowest BCUT2D eigenvalue weighted by molar-refractivity contribution is 0.0696. The number of amides is 1. The molecule has 0 unspecified atom stereocenters. The quantitative estimate of drug-likeness (QED) is 0.818. The predicted octanol–water partition coefficient (Wildman–Crippen LogP) is 1.65. The van der Waals surface area contributed by atoms with E-state index in [1.807, 2.05) is 0 Å². The van der Waals surface area contributed by atoms with E-state index in [1.165, 1.54) is 4.31 Å². The highest BCUT2D eigenvalue weighted by Gasteiger charge is 2.34. The maximum Gasteiger partial charge on any atom is 0.257 e. The van der Waals surface area contributed by atoms with Crippen LogP contribution in [0.3, 0.4) is 0 Å². The third kappa shape index (κ3) is 3.09. The molecule has 136 valence electrons. The Morgan fingerprint density at radius 1 is 1.08 bits per heavy atom. The molecule has 0 aliphatic carbocycles. The van der Waals surface area contributed by atoms with Crippen molar-refractivity contribution in [1.82, 2.24) is 14.4 Å². The van der Waals surface area contributed by atoms with Crippen LogP contribution in [0.25, 0.3) is 0 Å². The molecule has 0 spiro atoms. The molecule has 3 rings (SSSR count). The van der Waals surface area contributed by atoms with Crippen LogP contribution in [0.15, 0.2) is 19.9 Å². The van der Waals surface area contributed by atoms with E-state index in [0.717, 1.165) is 0 Å². The monoisotopic (exact) mass is 367 g/mol. The van der Waals surface area contributed by atoms with Gasteiger partial charge >= 0.3 is 0 Å². The second-order valence-corrected chi connectivity index (χ2v) is 8.05. The van der Waals surface area contributed by atoms with E-state index in [9.17, 15) is 13.2 Å². The van der Waals surface area contributed by atoms with Gasteiger partial charge in [0.2, 0.25) is 10.0 Å². The van der Waals surface area contributed by atoms with E-state index in [0.29, 0.717) is 35.9 Å². The lowest BCUT2D eigenvalue weighted by atomic mass is 10.2. The first-order valence-electron chi connectivity index (χ1n) is 8.01. The normalized spacial score (nSPS) is 16.4. The molecule has 1 amide bonds. The van der Waals surface area contributed by atoms with Crippen molar-refractivity contribution in [3.8, 4) is 0 Å². The van der Waals surface area contributed by atoms with Gasteiger partial charge in [0.15, 0.2) is 5.76 Å². The van der Waals surface area contributed by atoms with Crippen LogP contribution >= 0.6 is 0 Å². The van der Waals surface area contributed by atoms with E-state index in [2.05, 4.69) is 5.16 Å². The Labute approximate surface area is 146 Å². The van der Waals surface area contributed by atoms with Gasteiger partial charge in [-0.15, -0.1) is 0 Å². The number of carbonyl (C=O) groups excluding carboxylic acids is 1. The average Bonchev–Trinajstić information content (AvgIpc) is 3.08. The summed E-state index contributed by atoms with van der Waals surface area (Å²) in [6, 6.07) is 1.71. The average molecular weight is 367 g/mol. The highest BCUT2D eigenvalue weighted by atomic mass is 32.2. The van der Waals surface area contributed by atoms with E-state index < -0.39 is 10.0 Å². The fraction of sp³-hybridized carbons (Fsp3) is 0.500. The van der Waals surface area contributed by atoms with Crippen LogP contribution in [0.5, 0.6) is 0 Å². The number of furan rings is 1.